The predicted octanol–water partition coefficient (Wildman–Crippen LogP) is 6.52. The van der Waals surface area contributed by atoms with E-state index >= 15 is 0 Å². The highest BCUT2D eigenvalue weighted by molar-refractivity contribution is 9.10. The number of nitrogens with one attached hydrogen (secondary N) is 1. The van der Waals surface area contributed by atoms with E-state index < -0.39 is 18.2 Å². The molecular weight excluding hydrogens is 528 g/mol. The van der Waals surface area contributed by atoms with Crippen LogP contribution in [0.15, 0.2) is 50.9 Å². The van der Waals surface area contributed by atoms with Crippen molar-refractivity contribution in [2.75, 3.05) is 5.88 Å². The minimum absolute atomic E-state index is 0.0708. The molecule has 1 heterocycles. The van der Waals surface area contributed by atoms with E-state index in [1.807, 2.05) is 0 Å². The first kappa shape index (κ1) is 23.2. The van der Waals surface area contributed by atoms with Crippen LogP contribution in [0.1, 0.15) is 24.5 Å². The Balaban J connectivity index is 1.87. The number of rotatable bonds is 5. The highest BCUT2D eigenvalue weighted by atomic mass is 79.9. The fraction of sp³-hybridized carbons (Fsp3) is 0.263. The van der Waals surface area contributed by atoms with Crippen LogP contribution >= 0.6 is 50.9 Å². The molecule has 2 aromatic rings. The summed E-state index contributed by atoms with van der Waals surface area (Å²) in [5.41, 5.74) is -2.28. The molecular formula is C19H14BrCl2F3N2O2S. The molecule has 0 aromatic heterocycles. The summed E-state index contributed by atoms with van der Waals surface area (Å²) < 4.78 is 42.9. The van der Waals surface area contributed by atoms with Crippen LogP contribution in [-0.4, -0.2) is 23.7 Å². The summed E-state index contributed by atoms with van der Waals surface area (Å²) in [6, 6.07) is 8.75. The molecule has 0 bridgehead atoms. The summed E-state index contributed by atoms with van der Waals surface area (Å²) in [5.74, 6) is 0.210. The summed E-state index contributed by atoms with van der Waals surface area (Å²) in [5, 5.41) is 6.54. The first-order chi connectivity index (χ1) is 14.0. The number of thioether (sulfide) groups is 1. The average molecular weight is 542 g/mol. The number of alkyl halides is 3. The summed E-state index contributed by atoms with van der Waals surface area (Å²) in [6.07, 6.45) is -5.28. The first-order valence-electron chi connectivity index (χ1n) is 8.47. The van der Waals surface area contributed by atoms with E-state index in [0.717, 1.165) is 4.90 Å². The van der Waals surface area contributed by atoms with Crippen LogP contribution in [0, 0.1) is 0 Å². The van der Waals surface area contributed by atoms with Gasteiger partial charge in [-0.05, 0) is 46.3 Å². The first-order valence-corrected chi connectivity index (χ1v) is 11.0. The fourth-order valence-corrected chi connectivity index (χ4v) is 4.90. The van der Waals surface area contributed by atoms with Gasteiger partial charge in [0.15, 0.2) is 0 Å². The van der Waals surface area contributed by atoms with Crippen LogP contribution in [0.2, 0.25) is 10.0 Å². The van der Waals surface area contributed by atoms with Crippen LogP contribution in [0.5, 0.6) is 0 Å². The number of amides is 1. The number of oxime groups is 1. The molecule has 1 aliphatic rings. The molecule has 30 heavy (non-hydrogen) atoms. The number of carbonyl (C=O) groups excluding carboxylic acids is 1. The number of hydrogen-bond acceptors (Lipinski definition) is 4. The van der Waals surface area contributed by atoms with E-state index in [9.17, 15) is 18.0 Å². The molecule has 3 rings (SSSR count). The van der Waals surface area contributed by atoms with Crippen LogP contribution in [0.3, 0.4) is 0 Å². The zero-order valence-corrected chi connectivity index (χ0v) is 19.2. The molecule has 0 fully saturated rings. The van der Waals surface area contributed by atoms with Crippen LogP contribution < -0.4 is 5.32 Å². The van der Waals surface area contributed by atoms with Crippen LogP contribution in [0.25, 0.3) is 0 Å². The number of halogens is 6. The standard InChI is InChI=1S/C19H14BrCl2F3N2O2S/c1-10(28)26-9-30-17-3-2-11(4-15(17)20)16-8-18(29-27-16,19(23,24)25)12-5-13(21)7-14(22)6-12/h2-7H,8-9H2,1H3,(H,26,28). The lowest BCUT2D eigenvalue weighted by Crippen LogP contribution is -2.42. The lowest BCUT2D eigenvalue weighted by molar-refractivity contribution is -0.275. The van der Waals surface area contributed by atoms with Gasteiger partial charge in [0.25, 0.3) is 5.60 Å². The van der Waals surface area contributed by atoms with Crippen molar-refractivity contribution in [1.29, 1.82) is 0 Å². The monoisotopic (exact) mass is 540 g/mol. The van der Waals surface area contributed by atoms with Crippen molar-refractivity contribution in [3.05, 3.63) is 62.0 Å². The van der Waals surface area contributed by atoms with Gasteiger partial charge in [0.05, 0.1) is 11.6 Å². The van der Waals surface area contributed by atoms with Gasteiger partial charge in [-0.1, -0.05) is 34.4 Å². The van der Waals surface area contributed by atoms with Gasteiger partial charge in [0.2, 0.25) is 5.91 Å². The highest BCUT2D eigenvalue weighted by Gasteiger charge is 2.62. The Bertz CT molecular complexity index is 1000. The molecule has 160 valence electrons. The zero-order valence-electron chi connectivity index (χ0n) is 15.3. The molecule has 1 amide bonds. The number of benzene rings is 2. The quantitative estimate of drug-likeness (QED) is 0.346. The second kappa shape index (κ2) is 8.98. The Morgan fingerprint density at radius 1 is 1.27 bits per heavy atom. The Hall–Kier alpha value is -1.42. The van der Waals surface area contributed by atoms with Gasteiger partial charge in [0, 0.05) is 43.9 Å². The van der Waals surface area contributed by atoms with Crippen molar-refractivity contribution < 1.29 is 22.8 Å². The number of nitrogens with zero attached hydrogens (tertiary/aromatic N) is 1. The van der Waals surface area contributed by atoms with Gasteiger partial charge >= 0.3 is 6.18 Å². The molecule has 1 atom stereocenters. The normalized spacial score (nSPS) is 18.7. The second-order valence-corrected chi connectivity index (χ2v) is 9.20. The van der Waals surface area contributed by atoms with E-state index in [4.69, 9.17) is 28.0 Å². The van der Waals surface area contributed by atoms with E-state index in [0.29, 0.717) is 15.9 Å². The topological polar surface area (TPSA) is 50.7 Å². The maximum Gasteiger partial charge on any atom is 0.435 e. The number of hydrogen-bond donors (Lipinski definition) is 1. The molecule has 1 N–H and O–H groups in total. The fourth-order valence-electron chi connectivity index (χ4n) is 2.86. The smallest absolute Gasteiger partial charge is 0.374 e. The largest absolute Gasteiger partial charge is 0.435 e. The van der Waals surface area contributed by atoms with Crippen molar-refractivity contribution >= 4 is 62.5 Å². The van der Waals surface area contributed by atoms with Crippen molar-refractivity contribution in [2.45, 2.75) is 30.0 Å². The molecule has 0 saturated heterocycles. The summed E-state index contributed by atoms with van der Waals surface area (Å²) in [4.78, 5) is 16.8. The molecule has 1 unspecified atom stereocenters. The third-order valence-corrected chi connectivity index (χ3v) is 6.64. The SMILES string of the molecule is CC(=O)NCSc1ccc(C2=NOC(c3cc(Cl)cc(Cl)c3)(C(F)(F)F)C2)cc1Br. The minimum Gasteiger partial charge on any atom is -0.374 e. The molecule has 2 aromatic carbocycles. The van der Waals surface area contributed by atoms with Gasteiger partial charge < -0.3 is 10.2 Å². The summed E-state index contributed by atoms with van der Waals surface area (Å²) >= 11 is 16.6. The summed E-state index contributed by atoms with van der Waals surface area (Å²) in [7, 11) is 0. The van der Waals surface area contributed by atoms with E-state index in [1.54, 1.807) is 18.2 Å². The highest BCUT2D eigenvalue weighted by Crippen LogP contribution is 2.49. The molecule has 0 saturated carbocycles. The molecule has 0 radical (unpaired) electrons. The van der Waals surface area contributed by atoms with Crippen molar-refractivity contribution in [2.24, 2.45) is 5.16 Å². The van der Waals surface area contributed by atoms with Gasteiger partial charge in [-0.2, -0.15) is 13.2 Å². The third-order valence-electron chi connectivity index (χ3n) is 4.33. The van der Waals surface area contributed by atoms with E-state index in [2.05, 4.69) is 26.4 Å². The van der Waals surface area contributed by atoms with Crippen molar-refractivity contribution in [1.82, 2.24) is 5.32 Å². The predicted molar refractivity (Wildman–Crippen MR) is 115 cm³/mol. The van der Waals surface area contributed by atoms with Crippen LogP contribution in [0.4, 0.5) is 13.2 Å². The molecule has 1 aliphatic heterocycles. The van der Waals surface area contributed by atoms with Gasteiger partial charge in [-0.3, -0.25) is 4.79 Å². The third kappa shape index (κ3) is 4.90. The lowest BCUT2D eigenvalue weighted by Gasteiger charge is -2.29. The molecule has 11 heteroatoms. The Morgan fingerprint density at radius 2 is 1.93 bits per heavy atom. The van der Waals surface area contributed by atoms with Crippen molar-refractivity contribution in [3.8, 4) is 0 Å². The van der Waals surface area contributed by atoms with E-state index in [1.165, 1.54) is 36.9 Å². The molecule has 0 spiro atoms. The van der Waals surface area contributed by atoms with E-state index in [-0.39, 0.29) is 27.2 Å². The van der Waals surface area contributed by atoms with Gasteiger partial charge in [-0.25, -0.2) is 0 Å². The van der Waals surface area contributed by atoms with Crippen molar-refractivity contribution in [3.63, 3.8) is 0 Å². The average Bonchev–Trinajstić information content (AvgIpc) is 3.09. The molecule has 4 nitrogen and oxygen atoms in total. The zero-order chi connectivity index (χ0) is 22.1. The van der Waals surface area contributed by atoms with Gasteiger partial charge in [-0.15, -0.1) is 11.8 Å². The Morgan fingerprint density at radius 3 is 2.50 bits per heavy atom. The maximum atomic E-state index is 14.1. The summed E-state index contributed by atoms with van der Waals surface area (Å²) in [6.45, 7) is 1.41. The Kier molecular flexibility index (Phi) is 6.96. The van der Waals surface area contributed by atoms with Gasteiger partial charge in [0.1, 0.15) is 0 Å². The maximum absolute atomic E-state index is 14.1. The second-order valence-electron chi connectivity index (χ2n) is 6.46. The van der Waals surface area contributed by atoms with Crippen LogP contribution in [-0.2, 0) is 15.2 Å². The number of carbonyl (C=O) groups is 1. The lowest BCUT2D eigenvalue weighted by atomic mass is 9.86. The Labute approximate surface area is 193 Å². The molecule has 0 aliphatic carbocycles. The minimum atomic E-state index is -4.75.